The van der Waals surface area contributed by atoms with Gasteiger partial charge in [-0.2, -0.15) is 0 Å². The van der Waals surface area contributed by atoms with Crippen LogP contribution in [0, 0.1) is 0 Å². The van der Waals surface area contributed by atoms with Crippen molar-refractivity contribution in [2.75, 3.05) is 11.9 Å². The topological polar surface area (TPSA) is 88.9 Å². The molecular formula is C22H22Cl3N5O2. The fraction of sp³-hybridized carbons (Fsp3) is 0.273. The fourth-order valence-electron chi connectivity index (χ4n) is 3.64. The standard InChI is InChI=1S/C22H21Cl2N5O2.ClH/c23-15-4-6-18(24)14(11-15)12-28-21(30)19-7-5-17-13-27-20(22(31)29(17)19)26-10-8-16-3-1-2-9-25-16;/h1-4,6,9,11,13,19H,5,7-8,10,12H2,(H,26,27)(H,28,30);1H/t19-;/m0./s1. The molecule has 1 aliphatic heterocycles. The van der Waals surface area contributed by atoms with Crippen LogP contribution in [0.25, 0.3) is 0 Å². The SMILES string of the molecule is Cl.O=C(NCc1cc(Cl)ccc1Cl)[C@@H]1CCc2cnc(NCCc3ccccn3)c(=O)n21. The number of fused-ring (bicyclic) bond motifs is 1. The largest absolute Gasteiger partial charge is 0.365 e. The van der Waals surface area contributed by atoms with Crippen molar-refractivity contribution in [3.8, 4) is 0 Å². The van der Waals surface area contributed by atoms with Gasteiger partial charge in [-0.05, 0) is 48.7 Å². The Labute approximate surface area is 201 Å². The third-order valence-electron chi connectivity index (χ3n) is 5.22. The number of carbonyl (C=O) groups is 1. The molecular weight excluding hydrogens is 473 g/mol. The van der Waals surface area contributed by atoms with Gasteiger partial charge in [0.2, 0.25) is 5.91 Å². The molecule has 2 N–H and O–H groups in total. The van der Waals surface area contributed by atoms with Crippen LogP contribution in [0.15, 0.2) is 53.6 Å². The molecule has 0 unspecified atom stereocenters. The molecule has 3 aromatic rings. The van der Waals surface area contributed by atoms with Gasteiger partial charge in [-0.15, -0.1) is 12.4 Å². The molecule has 7 nitrogen and oxygen atoms in total. The zero-order valence-electron chi connectivity index (χ0n) is 17.1. The Bertz CT molecular complexity index is 1150. The molecule has 10 heteroatoms. The lowest BCUT2D eigenvalue weighted by molar-refractivity contribution is -0.124. The lowest BCUT2D eigenvalue weighted by atomic mass is 10.2. The highest BCUT2D eigenvalue weighted by atomic mass is 35.5. The molecule has 1 aromatic carbocycles. The molecule has 1 amide bonds. The highest BCUT2D eigenvalue weighted by Crippen LogP contribution is 2.25. The number of carbonyl (C=O) groups excluding carboxylic acids is 1. The minimum Gasteiger partial charge on any atom is -0.365 e. The number of benzene rings is 1. The van der Waals surface area contributed by atoms with Crippen LogP contribution in [0.3, 0.4) is 0 Å². The molecule has 0 bridgehead atoms. The molecule has 168 valence electrons. The van der Waals surface area contributed by atoms with Gasteiger partial charge in [0.1, 0.15) is 6.04 Å². The van der Waals surface area contributed by atoms with E-state index in [-0.39, 0.29) is 36.2 Å². The summed E-state index contributed by atoms with van der Waals surface area (Å²) in [6.07, 6.45) is 5.22. The maximum absolute atomic E-state index is 13.0. The molecule has 1 atom stereocenters. The molecule has 32 heavy (non-hydrogen) atoms. The van der Waals surface area contributed by atoms with E-state index < -0.39 is 6.04 Å². The smallest absolute Gasteiger partial charge is 0.294 e. The Hall–Kier alpha value is -2.61. The number of amides is 1. The Balaban J connectivity index is 0.00000289. The van der Waals surface area contributed by atoms with Gasteiger partial charge >= 0.3 is 0 Å². The van der Waals surface area contributed by atoms with Crippen LogP contribution in [-0.2, 0) is 24.2 Å². The van der Waals surface area contributed by atoms with E-state index in [2.05, 4.69) is 20.6 Å². The van der Waals surface area contributed by atoms with Gasteiger partial charge in [-0.1, -0.05) is 29.3 Å². The Morgan fingerprint density at radius 2 is 2.03 bits per heavy atom. The van der Waals surface area contributed by atoms with Crippen molar-refractivity contribution in [3.05, 3.63) is 86.1 Å². The highest BCUT2D eigenvalue weighted by Gasteiger charge is 2.30. The lowest BCUT2D eigenvalue weighted by Gasteiger charge is -2.16. The molecule has 0 saturated heterocycles. The van der Waals surface area contributed by atoms with E-state index in [0.717, 1.165) is 17.0 Å². The Kier molecular flexibility index (Phi) is 8.12. The van der Waals surface area contributed by atoms with Crippen molar-refractivity contribution in [2.24, 2.45) is 0 Å². The highest BCUT2D eigenvalue weighted by molar-refractivity contribution is 6.33. The number of aryl methyl sites for hydroxylation is 1. The molecule has 0 fully saturated rings. The maximum atomic E-state index is 13.0. The third kappa shape index (κ3) is 5.41. The number of rotatable bonds is 7. The quantitative estimate of drug-likeness (QED) is 0.521. The summed E-state index contributed by atoms with van der Waals surface area (Å²) in [6.45, 7) is 0.752. The molecule has 4 rings (SSSR count). The van der Waals surface area contributed by atoms with Gasteiger partial charge in [-0.3, -0.25) is 19.1 Å². The molecule has 1 aliphatic rings. The van der Waals surface area contributed by atoms with Crippen molar-refractivity contribution in [2.45, 2.75) is 31.8 Å². The maximum Gasteiger partial charge on any atom is 0.294 e. The second-order valence-electron chi connectivity index (χ2n) is 7.28. The Morgan fingerprint density at radius 1 is 1.19 bits per heavy atom. The van der Waals surface area contributed by atoms with E-state index in [9.17, 15) is 9.59 Å². The van der Waals surface area contributed by atoms with E-state index in [1.54, 1.807) is 30.6 Å². The summed E-state index contributed by atoms with van der Waals surface area (Å²) in [7, 11) is 0. The minimum atomic E-state index is -0.584. The van der Waals surface area contributed by atoms with Crippen LogP contribution in [0.1, 0.15) is 29.4 Å². The predicted octanol–water partition coefficient (Wildman–Crippen LogP) is 3.83. The predicted molar refractivity (Wildman–Crippen MR) is 128 cm³/mol. The van der Waals surface area contributed by atoms with E-state index in [0.29, 0.717) is 35.9 Å². The van der Waals surface area contributed by atoms with Crippen LogP contribution in [-0.4, -0.2) is 27.0 Å². The summed E-state index contributed by atoms with van der Waals surface area (Å²) >= 11 is 12.2. The van der Waals surface area contributed by atoms with E-state index >= 15 is 0 Å². The van der Waals surface area contributed by atoms with Crippen LogP contribution in [0.4, 0.5) is 5.82 Å². The number of nitrogens with one attached hydrogen (secondary N) is 2. The van der Waals surface area contributed by atoms with Gasteiger partial charge in [0.15, 0.2) is 5.82 Å². The zero-order chi connectivity index (χ0) is 21.8. The minimum absolute atomic E-state index is 0. The molecule has 2 aromatic heterocycles. The van der Waals surface area contributed by atoms with Crippen LogP contribution in [0.2, 0.25) is 10.0 Å². The molecule has 0 saturated carbocycles. The average Bonchev–Trinajstić information content (AvgIpc) is 3.21. The van der Waals surface area contributed by atoms with Crippen molar-refractivity contribution >= 4 is 47.3 Å². The zero-order valence-corrected chi connectivity index (χ0v) is 19.4. The number of anilines is 1. The second-order valence-corrected chi connectivity index (χ2v) is 8.12. The summed E-state index contributed by atoms with van der Waals surface area (Å²) in [5, 5.41) is 7.01. The van der Waals surface area contributed by atoms with Crippen LogP contribution in [0.5, 0.6) is 0 Å². The van der Waals surface area contributed by atoms with Crippen molar-refractivity contribution in [1.82, 2.24) is 19.9 Å². The van der Waals surface area contributed by atoms with Gasteiger partial charge in [-0.25, -0.2) is 4.98 Å². The summed E-state index contributed by atoms with van der Waals surface area (Å²) in [4.78, 5) is 34.4. The number of hydrogen-bond acceptors (Lipinski definition) is 5. The lowest BCUT2D eigenvalue weighted by Crippen LogP contribution is -2.36. The van der Waals surface area contributed by atoms with Crippen molar-refractivity contribution < 1.29 is 4.79 Å². The van der Waals surface area contributed by atoms with E-state index in [1.807, 2.05) is 18.2 Å². The van der Waals surface area contributed by atoms with Gasteiger partial charge < -0.3 is 10.6 Å². The van der Waals surface area contributed by atoms with E-state index in [4.69, 9.17) is 23.2 Å². The first-order valence-electron chi connectivity index (χ1n) is 9.99. The monoisotopic (exact) mass is 493 g/mol. The van der Waals surface area contributed by atoms with Gasteiger partial charge in [0, 0.05) is 53.3 Å². The second kappa shape index (κ2) is 10.8. The number of nitrogens with zero attached hydrogens (tertiary/aromatic N) is 3. The summed E-state index contributed by atoms with van der Waals surface area (Å²) < 4.78 is 1.53. The summed E-state index contributed by atoms with van der Waals surface area (Å²) in [5.74, 6) is -0.000190. The first-order valence-corrected chi connectivity index (χ1v) is 10.7. The van der Waals surface area contributed by atoms with Gasteiger partial charge in [0.25, 0.3) is 5.56 Å². The molecule has 0 spiro atoms. The molecule has 3 heterocycles. The fourth-order valence-corrected chi connectivity index (χ4v) is 4.02. The summed E-state index contributed by atoms with van der Waals surface area (Å²) in [5.41, 5.74) is 2.10. The first-order chi connectivity index (χ1) is 15.0. The Morgan fingerprint density at radius 3 is 2.81 bits per heavy atom. The number of hydrogen-bond donors (Lipinski definition) is 2. The number of halogens is 3. The van der Waals surface area contributed by atoms with Crippen molar-refractivity contribution in [3.63, 3.8) is 0 Å². The van der Waals surface area contributed by atoms with Crippen LogP contribution < -0.4 is 16.2 Å². The van der Waals surface area contributed by atoms with E-state index in [1.165, 1.54) is 4.57 Å². The molecule has 0 aliphatic carbocycles. The average molecular weight is 495 g/mol. The van der Waals surface area contributed by atoms with Crippen LogP contribution >= 0.6 is 35.6 Å². The summed E-state index contributed by atoms with van der Waals surface area (Å²) in [6, 6.07) is 10.2. The third-order valence-corrected chi connectivity index (χ3v) is 5.83. The first kappa shape index (κ1) is 24.0. The number of aromatic nitrogens is 3. The van der Waals surface area contributed by atoms with Crippen molar-refractivity contribution in [1.29, 1.82) is 0 Å². The normalized spacial score (nSPS) is 14.4. The van der Waals surface area contributed by atoms with Gasteiger partial charge in [0.05, 0.1) is 0 Å². The molecule has 0 radical (unpaired) electrons. The number of pyridine rings is 1.